The first-order valence-electron chi connectivity index (χ1n) is 13.5. The molecule has 4 aromatic carbocycles. The van der Waals surface area contributed by atoms with Crippen molar-refractivity contribution in [2.24, 2.45) is 0 Å². The Kier molecular flexibility index (Phi) is 6.26. The second kappa shape index (κ2) is 9.77. The number of carbonyl (C=O) groups is 1. The summed E-state index contributed by atoms with van der Waals surface area (Å²) in [7, 11) is 0. The van der Waals surface area contributed by atoms with Crippen LogP contribution in [0.1, 0.15) is 59.3 Å². The lowest BCUT2D eigenvalue weighted by atomic mass is 9.77. The third kappa shape index (κ3) is 4.11. The number of unbranched alkanes of at least 4 members (excludes halogenated alkanes) is 1. The predicted octanol–water partition coefficient (Wildman–Crippen LogP) is 8.07. The first-order valence-corrected chi connectivity index (χ1v) is 13.5. The lowest BCUT2D eigenvalue weighted by Crippen LogP contribution is -2.33. The van der Waals surface area contributed by atoms with Crippen molar-refractivity contribution < 1.29 is 18.7 Å². The van der Waals surface area contributed by atoms with Gasteiger partial charge in [0.25, 0.3) is 0 Å². The Bertz CT molecular complexity index is 1570. The van der Waals surface area contributed by atoms with Crippen molar-refractivity contribution in [3.63, 3.8) is 0 Å². The minimum Gasteiger partial charge on any atom is -0.456 e. The number of hydrogen-bond donors (Lipinski definition) is 1. The highest BCUT2D eigenvalue weighted by atomic mass is 19.1. The maximum atomic E-state index is 13.5. The van der Waals surface area contributed by atoms with Crippen LogP contribution in [-0.4, -0.2) is 19.1 Å². The number of carbonyl (C=O) groups excluding carboxylic acids is 1. The zero-order chi connectivity index (χ0) is 27.1. The van der Waals surface area contributed by atoms with Gasteiger partial charge in [0.15, 0.2) is 5.60 Å². The van der Waals surface area contributed by atoms with Crippen LogP contribution < -0.4 is 15.0 Å². The summed E-state index contributed by atoms with van der Waals surface area (Å²) in [6.07, 6.45) is 2.22. The van der Waals surface area contributed by atoms with Crippen molar-refractivity contribution in [3.8, 4) is 11.5 Å². The number of nitrogens with zero attached hydrogens (tertiary/aromatic N) is 1. The number of halogens is 1. The van der Waals surface area contributed by atoms with Crippen LogP contribution in [-0.2, 0) is 10.3 Å². The Morgan fingerprint density at radius 3 is 2.44 bits per heavy atom. The largest absolute Gasteiger partial charge is 0.456 e. The van der Waals surface area contributed by atoms with E-state index in [-0.39, 0.29) is 11.8 Å². The number of ether oxygens (including phenoxy) is 2. The fraction of sp³-hybridized carbons (Fsp3) is 0.242. The highest BCUT2D eigenvalue weighted by Crippen LogP contribution is 2.57. The molecule has 1 atom stereocenters. The average molecular weight is 523 g/mol. The second-order valence-electron chi connectivity index (χ2n) is 10.1. The highest BCUT2D eigenvalue weighted by Gasteiger charge is 2.53. The molecule has 4 aromatic rings. The van der Waals surface area contributed by atoms with E-state index in [2.05, 4.69) is 36.2 Å². The van der Waals surface area contributed by atoms with Gasteiger partial charge in [-0.15, -0.1) is 0 Å². The smallest absolute Gasteiger partial charge is 0.340 e. The average Bonchev–Trinajstić information content (AvgIpc) is 3.24. The topological polar surface area (TPSA) is 50.8 Å². The van der Waals surface area contributed by atoms with Crippen molar-refractivity contribution in [2.75, 3.05) is 23.3 Å². The Balaban J connectivity index is 1.53. The molecule has 0 fully saturated rings. The molecular weight excluding hydrogens is 491 g/mol. The number of anilines is 3. The third-order valence-electron chi connectivity index (χ3n) is 7.69. The van der Waals surface area contributed by atoms with E-state index >= 15 is 0 Å². The van der Waals surface area contributed by atoms with Crippen LogP contribution in [0.25, 0.3) is 0 Å². The van der Waals surface area contributed by atoms with E-state index in [1.807, 2.05) is 49.4 Å². The van der Waals surface area contributed by atoms with E-state index in [9.17, 15) is 9.18 Å². The lowest BCUT2D eigenvalue weighted by molar-refractivity contribution is 0.0224. The van der Waals surface area contributed by atoms with Gasteiger partial charge in [0.05, 0.1) is 5.56 Å². The molecule has 6 heteroatoms. The number of esters is 1. The minimum absolute atomic E-state index is 0.295. The molecule has 2 aliphatic rings. The van der Waals surface area contributed by atoms with Crippen LogP contribution in [0.2, 0.25) is 0 Å². The number of hydrogen-bond acceptors (Lipinski definition) is 5. The maximum absolute atomic E-state index is 13.5. The number of nitrogens with one attached hydrogen (secondary N) is 1. The summed E-state index contributed by atoms with van der Waals surface area (Å²) in [5, 5.41) is 3.40. The number of benzene rings is 4. The quantitative estimate of drug-likeness (QED) is 0.249. The van der Waals surface area contributed by atoms with Crippen LogP contribution in [0.5, 0.6) is 11.5 Å². The van der Waals surface area contributed by atoms with Crippen LogP contribution >= 0.6 is 0 Å². The Morgan fingerprint density at radius 2 is 1.67 bits per heavy atom. The molecular formula is C33H31FN2O3. The molecule has 198 valence electrons. The van der Waals surface area contributed by atoms with E-state index in [4.69, 9.17) is 9.47 Å². The summed E-state index contributed by atoms with van der Waals surface area (Å²) in [4.78, 5) is 15.6. The van der Waals surface area contributed by atoms with Crippen molar-refractivity contribution >= 4 is 23.0 Å². The molecule has 6 rings (SSSR count). The number of fused-ring (bicyclic) bond motifs is 6. The minimum atomic E-state index is -1.15. The molecule has 0 saturated heterocycles. The summed E-state index contributed by atoms with van der Waals surface area (Å²) < 4.78 is 26.4. The predicted molar refractivity (Wildman–Crippen MR) is 152 cm³/mol. The molecule has 0 saturated carbocycles. The fourth-order valence-corrected chi connectivity index (χ4v) is 5.65. The molecule has 0 radical (unpaired) electrons. The van der Waals surface area contributed by atoms with Gasteiger partial charge in [-0.25, -0.2) is 9.18 Å². The van der Waals surface area contributed by atoms with E-state index < -0.39 is 5.60 Å². The Morgan fingerprint density at radius 1 is 0.897 bits per heavy atom. The molecule has 39 heavy (non-hydrogen) atoms. The summed E-state index contributed by atoms with van der Waals surface area (Å²) in [6, 6.07) is 23.9. The van der Waals surface area contributed by atoms with E-state index in [0.29, 0.717) is 17.1 Å². The molecule has 0 amide bonds. The van der Waals surface area contributed by atoms with Gasteiger partial charge in [0, 0.05) is 52.9 Å². The SMILES string of the molecule is CCCCN(CC)c1ccc2c(c1)Oc1cc(C)c(Nc3ccc(F)cc3)cc1C21OC(=O)c2ccccc21. The third-order valence-corrected chi connectivity index (χ3v) is 7.69. The molecule has 0 aromatic heterocycles. The zero-order valence-electron chi connectivity index (χ0n) is 22.4. The maximum Gasteiger partial charge on any atom is 0.340 e. The van der Waals surface area contributed by atoms with Gasteiger partial charge >= 0.3 is 5.97 Å². The first kappa shape index (κ1) is 25.0. The molecule has 0 aliphatic carbocycles. The summed E-state index contributed by atoms with van der Waals surface area (Å²) in [5.41, 5.74) is 5.33. The van der Waals surface area contributed by atoms with E-state index in [1.54, 1.807) is 12.1 Å². The number of aryl methyl sites for hydroxylation is 1. The summed E-state index contributed by atoms with van der Waals surface area (Å²) in [5.74, 6) is 0.665. The summed E-state index contributed by atoms with van der Waals surface area (Å²) in [6.45, 7) is 8.18. The van der Waals surface area contributed by atoms with Gasteiger partial charge in [0.2, 0.25) is 0 Å². The van der Waals surface area contributed by atoms with Crippen molar-refractivity contribution in [1.29, 1.82) is 0 Å². The van der Waals surface area contributed by atoms with Gasteiger partial charge in [-0.05, 0) is 80.4 Å². The van der Waals surface area contributed by atoms with Crippen molar-refractivity contribution in [3.05, 3.63) is 112 Å². The normalized spacial score (nSPS) is 16.7. The van der Waals surface area contributed by atoms with Gasteiger partial charge in [0.1, 0.15) is 17.3 Å². The van der Waals surface area contributed by atoms with Crippen molar-refractivity contribution in [2.45, 2.75) is 39.2 Å². The lowest BCUT2D eigenvalue weighted by Gasteiger charge is -2.38. The molecule has 2 heterocycles. The van der Waals surface area contributed by atoms with E-state index in [0.717, 1.165) is 65.2 Å². The highest BCUT2D eigenvalue weighted by molar-refractivity contribution is 5.97. The second-order valence-corrected chi connectivity index (χ2v) is 10.1. The molecule has 1 spiro atoms. The van der Waals surface area contributed by atoms with Gasteiger partial charge in [-0.2, -0.15) is 0 Å². The molecule has 1 N–H and O–H groups in total. The van der Waals surface area contributed by atoms with Gasteiger partial charge in [-0.1, -0.05) is 31.5 Å². The van der Waals surface area contributed by atoms with Crippen LogP contribution in [0, 0.1) is 12.7 Å². The molecule has 5 nitrogen and oxygen atoms in total. The summed E-state index contributed by atoms with van der Waals surface area (Å²) >= 11 is 0. The van der Waals surface area contributed by atoms with Gasteiger partial charge in [-0.3, -0.25) is 0 Å². The van der Waals surface area contributed by atoms with Crippen LogP contribution in [0.15, 0.2) is 78.9 Å². The van der Waals surface area contributed by atoms with Gasteiger partial charge < -0.3 is 19.7 Å². The monoisotopic (exact) mass is 522 g/mol. The van der Waals surface area contributed by atoms with Crippen LogP contribution in [0.4, 0.5) is 21.5 Å². The zero-order valence-corrected chi connectivity index (χ0v) is 22.4. The standard InChI is InChI=1S/C33H31FN2O3/c1-4-6-17-36(5-2)24-15-16-27-31(19-24)38-30-18-21(3)29(35-23-13-11-22(34)12-14-23)20-28(30)33(27)26-10-8-7-9-25(26)32(37)39-33/h7-16,18-20,35H,4-6,17H2,1-3H3. The Labute approximate surface area is 228 Å². The Hall–Kier alpha value is -4.32. The van der Waals surface area contributed by atoms with Crippen molar-refractivity contribution in [1.82, 2.24) is 0 Å². The molecule has 0 bridgehead atoms. The van der Waals surface area contributed by atoms with Crippen LogP contribution in [0.3, 0.4) is 0 Å². The fourth-order valence-electron chi connectivity index (χ4n) is 5.65. The number of rotatable bonds is 7. The molecule has 1 unspecified atom stereocenters. The molecule has 2 aliphatic heterocycles. The first-order chi connectivity index (χ1) is 18.9. The van der Waals surface area contributed by atoms with E-state index in [1.165, 1.54) is 12.1 Å².